The summed E-state index contributed by atoms with van der Waals surface area (Å²) in [7, 11) is 0. The number of furan rings is 1. The van der Waals surface area contributed by atoms with Gasteiger partial charge in [-0.2, -0.15) is 0 Å². The summed E-state index contributed by atoms with van der Waals surface area (Å²) in [5.41, 5.74) is 11.8. The van der Waals surface area contributed by atoms with Gasteiger partial charge < -0.3 is 4.42 Å². The van der Waals surface area contributed by atoms with Crippen molar-refractivity contribution in [3.05, 3.63) is 151 Å². The molecule has 9 rings (SSSR count). The Kier molecular flexibility index (Phi) is 5.81. The van der Waals surface area contributed by atoms with Crippen molar-refractivity contribution in [2.45, 2.75) is 19.3 Å². The van der Waals surface area contributed by atoms with Crippen molar-refractivity contribution in [2.75, 3.05) is 0 Å². The highest BCUT2D eigenvalue weighted by atomic mass is 16.3. The van der Waals surface area contributed by atoms with E-state index in [1.54, 1.807) is 0 Å². The van der Waals surface area contributed by atoms with Gasteiger partial charge in [0.25, 0.3) is 0 Å². The van der Waals surface area contributed by atoms with Crippen molar-refractivity contribution in [3.8, 4) is 56.4 Å². The lowest BCUT2D eigenvalue weighted by atomic mass is 9.81. The molecule has 8 aromatic rings. The molecule has 0 amide bonds. The van der Waals surface area contributed by atoms with Crippen LogP contribution in [0.2, 0.25) is 0 Å². The Labute approximate surface area is 267 Å². The topological polar surface area (TPSA) is 51.8 Å². The summed E-state index contributed by atoms with van der Waals surface area (Å²) in [6.07, 6.45) is 0. The second-order valence-corrected chi connectivity index (χ2v) is 12.4. The monoisotopic (exact) mass is 591 g/mol. The lowest BCUT2D eigenvalue weighted by Crippen LogP contribution is -2.14. The van der Waals surface area contributed by atoms with Crippen molar-refractivity contribution < 1.29 is 4.42 Å². The normalized spacial score (nSPS) is 13.2. The molecule has 0 atom stereocenters. The van der Waals surface area contributed by atoms with Gasteiger partial charge in [-0.15, -0.1) is 0 Å². The van der Waals surface area contributed by atoms with Gasteiger partial charge in [-0.1, -0.05) is 135 Å². The summed E-state index contributed by atoms with van der Waals surface area (Å²) in [5, 5.41) is 2.13. The minimum Gasteiger partial charge on any atom is -0.455 e. The van der Waals surface area contributed by atoms with Crippen LogP contribution in [0.3, 0.4) is 0 Å². The van der Waals surface area contributed by atoms with Crippen LogP contribution in [0.1, 0.15) is 25.0 Å². The zero-order valence-corrected chi connectivity index (χ0v) is 25.5. The average molecular weight is 592 g/mol. The summed E-state index contributed by atoms with van der Waals surface area (Å²) in [5.74, 6) is 1.82. The highest BCUT2D eigenvalue weighted by Crippen LogP contribution is 2.50. The fourth-order valence-electron chi connectivity index (χ4n) is 7.05. The third-order valence-electron chi connectivity index (χ3n) is 9.36. The van der Waals surface area contributed by atoms with E-state index >= 15 is 0 Å². The van der Waals surface area contributed by atoms with Crippen LogP contribution in [0.4, 0.5) is 0 Å². The van der Waals surface area contributed by atoms with Gasteiger partial charge in [-0.05, 0) is 51.6 Å². The molecule has 1 aliphatic rings. The first-order chi connectivity index (χ1) is 22.6. The number of benzene rings is 6. The van der Waals surface area contributed by atoms with Crippen LogP contribution in [0.25, 0.3) is 78.4 Å². The fourth-order valence-corrected chi connectivity index (χ4v) is 7.05. The molecule has 1 aliphatic carbocycles. The van der Waals surface area contributed by atoms with Gasteiger partial charge in [0.15, 0.2) is 17.5 Å². The molecule has 0 aliphatic heterocycles. The Hall–Kier alpha value is -5.87. The second kappa shape index (κ2) is 10.1. The van der Waals surface area contributed by atoms with Gasteiger partial charge in [0.05, 0.1) is 5.56 Å². The van der Waals surface area contributed by atoms with Gasteiger partial charge in [0.1, 0.15) is 11.2 Å². The molecule has 6 aromatic carbocycles. The molecule has 46 heavy (non-hydrogen) atoms. The zero-order valence-electron chi connectivity index (χ0n) is 25.5. The second-order valence-electron chi connectivity index (χ2n) is 12.4. The lowest BCUT2D eigenvalue weighted by Gasteiger charge is -2.22. The minimum absolute atomic E-state index is 0.0913. The van der Waals surface area contributed by atoms with E-state index in [0.717, 1.165) is 49.8 Å². The van der Waals surface area contributed by atoms with E-state index in [1.807, 2.05) is 72.8 Å². The van der Waals surface area contributed by atoms with Crippen LogP contribution >= 0.6 is 0 Å². The Bertz CT molecular complexity index is 2380. The van der Waals surface area contributed by atoms with Crippen LogP contribution in [-0.4, -0.2) is 15.0 Å². The van der Waals surface area contributed by atoms with Gasteiger partial charge in [0, 0.05) is 27.3 Å². The van der Waals surface area contributed by atoms with Crippen LogP contribution in [0.15, 0.2) is 144 Å². The minimum atomic E-state index is -0.0913. The zero-order chi connectivity index (χ0) is 30.8. The molecular weight excluding hydrogens is 562 g/mol. The molecule has 0 unspecified atom stereocenters. The maximum absolute atomic E-state index is 6.68. The Balaban J connectivity index is 1.28. The predicted octanol–water partition coefficient (Wildman–Crippen LogP) is 10.7. The number of fused-ring (bicyclic) bond motifs is 6. The van der Waals surface area contributed by atoms with Crippen molar-refractivity contribution in [3.63, 3.8) is 0 Å². The maximum Gasteiger partial charge on any atom is 0.167 e. The SMILES string of the molecule is CC1(C)c2ccccc2-c2ccc(-c3ccc(-c4nc(-c5ccccc5)nc(-c5ccccc5)n4)c4oc5ccccc5c34)cc21. The highest BCUT2D eigenvalue weighted by Gasteiger charge is 2.35. The van der Waals surface area contributed by atoms with E-state index in [0.29, 0.717) is 17.5 Å². The predicted molar refractivity (Wildman–Crippen MR) is 186 cm³/mol. The maximum atomic E-state index is 6.68. The molecule has 4 heteroatoms. The summed E-state index contributed by atoms with van der Waals surface area (Å²) in [6.45, 7) is 4.64. The van der Waals surface area contributed by atoms with E-state index in [2.05, 4.69) is 80.6 Å². The van der Waals surface area contributed by atoms with Crippen molar-refractivity contribution >= 4 is 21.9 Å². The summed E-state index contributed by atoms with van der Waals surface area (Å²) in [4.78, 5) is 15.0. The number of nitrogens with zero attached hydrogens (tertiary/aromatic N) is 3. The molecule has 2 heterocycles. The summed E-state index contributed by atoms with van der Waals surface area (Å²) in [6, 6.07) is 48.4. The Morgan fingerprint density at radius 3 is 1.76 bits per heavy atom. The number of rotatable bonds is 4. The molecule has 0 spiro atoms. The largest absolute Gasteiger partial charge is 0.455 e. The third kappa shape index (κ3) is 4.04. The first-order valence-electron chi connectivity index (χ1n) is 15.6. The Morgan fingerprint density at radius 1 is 0.457 bits per heavy atom. The molecule has 0 N–H and O–H groups in total. The summed E-state index contributed by atoms with van der Waals surface area (Å²) >= 11 is 0. The fraction of sp³-hybridized carbons (Fsp3) is 0.0714. The van der Waals surface area contributed by atoms with Crippen LogP contribution in [0, 0.1) is 0 Å². The van der Waals surface area contributed by atoms with Crippen molar-refractivity contribution in [1.29, 1.82) is 0 Å². The van der Waals surface area contributed by atoms with Crippen molar-refractivity contribution in [1.82, 2.24) is 15.0 Å². The van der Waals surface area contributed by atoms with Crippen LogP contribution in [-0.2, 0) is 5.41 Å². The third-order valence-corrected chi connectivity index (χ3v) is 9.36. The van der Waals surface area contributed by atoms with E-state index < -0.39 is 0 Å². The van der Waals surface area contributed by atoms with Gasteiger partial charge >= 0.3 is 0 Å². The van der Waals surface area contributed by atoms with E-state index in [-0.39, 0.29) is 5.41 Å². The molecule has 0 radical (unpaired) electrons. The van der Waals surface area contributed by atoms with Crippen molar-refractivity contribution in [2.24, 2.45) is 0 Å². The van der Waals surface area contributed by atoms with E-state index in [1.165, 1.54) is 22.3 Å². The molecular formula is C42H29N3O. The highest BCUT2D eigenvalue weighted by molar-refractivity contribution is 6.16. The smallest absolute Gasteiger partial charge is 0.167 e. The number of hydrogen-bond donors (Lipinski definition) is 0. The Morgan fingerprint density at radius 2 is 1.02 bits per heavy atom. The molecule has 0 saturated heterocycles. The summed E-state index contributed by atoms with van der Waals surface area (Å²) < 4.78 is 6.68. The lowest BCUT2D eigenvalue weighted by molar-refractivity contribution is 0.660. The number of hydrogen-bond acceptors (Lipinski definition) is 4. The molecule has 218 valence electrons. The van der Waals surface area contributed by atoms with E-state index in [9.17, 15) is 0 Å². The van der Waals surface area contributed by atoms with E-state index in [4.69, 9.17) is 19.4 Å². The first-order valence-corrected chi connectivity index (χ1v) is 15.6. The molecule has 0 saturated carbocycles. The van der Waals surface area contributed by atoms with Crippen LogP contribution in [0.5, 0.6) is 0 Å². The standard InChI is InChI=1S/C42H29N3O/c1-42(2)34-19-11-9-17-30(34)31-22-21-28(25-35(31)42)29-23-24-33(38-37(29)32-18-10-12-20-36(32)46-38)41-44-39(26-13-5-3-6-14-26)43-40(45-41)27-15-7-4-8-16-27/h3-25H,1-2H3. The number of aromatic nitrogens is 3. The molecule has 2 aromatic heterocycles. The quantitative estimate of drug-likeness (QED) is 0.204. The molecule has 4 nitrogen and oxygen atoms in total. The van der Waals surface area contributed by atoms with Gasteiger partial charge in [0.2, 0.25) is 0 Å². The average Bonchev–Trinajstić information content (AvgIpc) is 3.61. The van der Waals surface area contributed by atoms with Crippen LogP contribution < -0.4 is 0 Å². The molecule has 0 bridgehead atoms. The molecule has 0 fully saturated rings. The van der Waals surface area contributed by atoms with Gasteiger partial charge in [-0.3, -0.25) is 0 Å². The van der Waals surface area contributed by atoms with Gasteiger partial charge in [-0.25, -0.2) is 15.0 Å². The number of para-hydroxylation sites is 1. The first kappa shape index (κ1) is 26.5.